The van der Waals surface area contributed by atoms with Crippen LogP contribution in [0, 0.1) is 6.92 Å². The number of nitrogens with zero attached hydrogens (tertiary/aromatic N) is 2. The first-order valence-electron chi connectivity index (χ1n) is 7.70. The van der Waals surface area contributed by atoms with E-state index in [1.807, 2.05) is 6.92 Å². The van der Waals surface area contributed by atoms with Gasteiger partial charge in [-0.05, 0) is 57.5 Å². The fourth-order valence-electron chi connectivity index (χ4n) is 3.08. The number of hydrogen-bond acceptors (Lipinski definition) is 3. The molecule has 4 nitrogen and oxygen atoms in total. The molecule has 1 aromatic carbocycles. The zero-order valence-electron chi connectivity index (χ0n) is 12.4. The second kappa shape index (κ2) is 5.83. The molecule has 0 spiro atoms. The summed E-state index contributed by atoms with van der Waals surface area (Å²) in [6.45, 7) is 7.87. The predicted octanol–water partition coefficient (Wildman–Crippen LogP) is 3.16. The predicted molar refractivity (Wildman–Crippen MR) is 84.2 cm³/mol. The molecule has 1 aromatic heterocycles. The van der Waals surface area contributed by atoms with Gasteiger partial charge < -0.3 is 15.2 Å². The van der Waals surface area contributed by atoms with Crippen LogP contribution < -0.4 is 5.32 Å². The molecule has 0 amide bonds. The van der Waals surface area contributed by atoms with Gasteiger partial charge in [-0.25, -0.2) is 4.98 Å². The van der Waals surface area contributed by atoms with Gasteiger partial charge in [0, 0.05) is 18.3 Å². The Kier molecular flexibility index (Phi) is 3.92. The summed E-state index contributed by atoms with van der Waals surface area (Å²) in [6, 6.07) is 7.01. The third-order valence-electron chi connectivity index (χ3n) is 4.24. The molecule has 1 fully saturated rings. The van der Waals surface area contributed by atoms with Crippen molar-refractivity contribution < 1.29 is 0 Å². The molecule has 1 saturated heterocycles. The first-order chi connectivity index (χ1) is 9.74. The highest BCUT2D eigenvalue weighted by Gasteiger charge is 2.15. The van der Waals surface area contributed by atoms with E-state index in [0.717, 1.165) is 16.9 Å². The summed E-state index contributed by atoms with van der Waals surface area (Å²) in [5.41, 5.74) is 3.37. The van der Waals surface area contributed by atoms with Gasteiger partial charge in [-0.3, -0.25) is 0 Å². The molecule has 1 unspecified atom stereocenters. The van der Waals surface area contributed by atoms with Crippen molar-refractivity contribution in [3.63, 3.8) is 0 Å². The lowest BCUT2D eigenvalue weighted by atomic mass is 10.1. The molecule has 20 heavy (non-hydrogen) atoms. The number of imidazole rings is 1. The Balaban J connectivity index is 1.69. The van der Waals surface area contributed by atoms with E-state index in [0.29, 0.717) is 6.04 Å². The molecule has 0 radical (unpaired) electrons. The van der Waals surface area contributed by atoms with Crippen molar-refractivity contribution in [3.05, 3.63) is 24.0 Å². The Bertz CT molecular complexity index is 575. The minimum Gasteiger partial charge on any atom is -0.382 e. The van der Waals surface area contributed by atoms with E-state index in [2.05, 4.69) is 45.3 Å². The summed E-state index contributed by atoms with van der Waals surface area (Å²) in [4.78, 5) is 10.3. The Morgan fingerprint density at radius 2 is 2.25 bits per heavy atom. The number of rotatable bonds is 3. The summed E-state index contributed by atoms with van der Waals surface area (Å²) in [5.74, 6) is 0.977. The van der Waals surface area contributed by atoms with Gasteiger partial charge in [0.2, 0.25) is 0 Å². The van der Waals surface area contributed by atoms with Crippen LogP contribution in [0.1, 0.15) is 32.0 Å². The van der Waals surface area contributed by atoms with Crippen LogP contribution in [0.3, 0.4) is 0 Å². The average Bonchev–Trinajstić information content (AvgIpc) is 2.66. The molecule has 0 aliphatic carbocycles. The molecule has 2 heterocycles. The highest BCUT2D eigenvalue weighted by molar-refractivity contribution is 5.79. The molecule has 4 heteroatoms. The standard InChI is InChI=1S/C16H24N4/c1-3-20-9-4-5-13(8-10-20)19-14-6-7-15-16(11-14)18-12(2)17-15/h6-7,11,13,19H,3-5,8-10H2,1-2H3,(H,17,18). The molecule has 108 valence electrons. The summed E-state index contributed by atoms with van der Waals surface area (Å²) in [6.07, 6.45) is 3.78. The van der Waals surface area contributed by atoms with Gasteiger partial charge >= 0.3 is 0 Å². The van der Waals surface area contributed by atoms with E-state index in [4.69, 9.17) is 0 Å². The van der Waals surface area contributed by atoms with E-state index in [1.165, 1.54) is 44.6 Å². The third kappa shape index (κ3) is 2.96. The summed E-state index contributed by atoms with van der Waals surface area (Å²) in [5, 5.41) is 3.69. The lowest BCUT2D eigenvalue weighted by Crippen LogP contribution is -2.26. The van der Waals surface area contributed by atoms with Crippen LogP contribution in [-0.2, 0) is 0 Å². The molecule has 1 aliphatic heterocycles. The van der Waals surface area contributed by atoms with Crippen LogP contribution in [0.4, 0.5) is 5.69 Å². The van der Waals surface area contributed by atoms with Gasteiger partial charge in [0.15, 0.2) is 0 Å². The Morgan fingerprint density at radius 3 is 3.10 bits per heavy atom. The molecule has 1 aliphatic rings. The summed E-state index contributed by atoms with van der Waals surface area (Å²) >= 11 is 0. The van der Waals surface area contributed by atoms with Crippen molar-refractivity contribution in [3.8, 4) is 0 Å². The Morgan fingerprint density at radius 1 is 1.35 bits per heavy atom. The van der Waals surface area contributed by atoms with Crippen molar-refractivity contribution >= 4 is 16.7 Å². The van der Waals surface area contributed by atoms with Crippen molar-refractivity contribution in [2.24, 2.45) is 0 Å². The van der Waals surface area contributed by atoms with Gasteiger partial charge in [0.05, 0.1) is 11.0 Å². The second-order valence-electron chi connectivity index (χ2n) is 5.76. The monoisotopic (exact) mass is 272 g/mol. The quantitative estimate of drug-likeness (QED) is 0.902. The fourth-order valence-corrected chi connectivity index (χ4v) is 3.08. The maximum atomic E-state index is 4.45. The van der Waals surface area contributed by atoms with Gasteiger partial charge in [-0.15, -0.1) is 0 Å². The zero-order chi connectivity index (χ0) is 13.9. The zero-order valence-corrected chi connectivity index (χ0v) is 12.4. The SMILES string of the molecule is CCN1CCCC(Nc2ccc3nc(C)[nH]c3c2)CC1. The van der Waals surface area contributed by atoms with Crippen LogP contribution >= 0.6 is 0 Å². The van der Waals surface area contributed by atoms with Crippen LogP contribution in [-0.4, -0.2) is 40.5 Å². The van der Waals surface area contributed by atoms with E-state index >= 15 is 0 Å². The molecule has 0 bridgehead atoms. The first kappa shape index (κ1) is 13.4. The highest BCUT2D eigenvalue weighted by atomic mass is 15.1. The minimum absolute atomic E-state index is 0.591. The number of aromatic amines is 1. The smallest absolute Gasteiger partial charge is 0.104 e. The maximum Gasteiger partial charge on any atom is 0.104 e. The van der Waals surface area contributed by atoms with Crippen LogP contribution in [0.15, 0.2) is 18.2 Å². The topological polar surface area (TPSA) is 44.0 Å². The van der Waals surface area contributed by atoms with E-state index in [1.54, 1.807) is 0 Å². The van der Waals surface area contributed by atoms with Gasteiger partial charge in [-0.1, -0.05) is 6.92 Å². The third-order valence-corrected chi connectivity index (χ3v) is 4.24. The van der Waals surface area contributed by atoms with Crippen LogP contribution in [0.5, 0.6) is 0 Å². The molecular weight excluding hydrogens is 248 g/mol. The van der Waals surface area contributed by atoms with Crippen molar-refractivity contribution in [2.75, 3.05) is 25.0 Å². The number of aryl methyl sites for hydroxylation is 1. The molecule has 2 N–H and O–H groups in total. The lowest BCUT2D eigenvalue weighted by Gasteiger charge is -2.19. The largest absolute Gasteiger partial charge is 0.382 e. The Hall–Kier alpha value is -1.55. The molecule has 3 rings (SSSR count). The number of hydrogen-bond donors (Lipinski definition) is 2. The normalized spacial score (nSPS) is 21.0. The van der Waals surface area contributed by atoms with E-state index < -0.39 is 0 Å². The second-order valence-corrected chi connectivity index (χ2v) is 5.76. The van der Waals surface area contributed by atoms with Crippen molar-refractivity contribution in [1.29, 1.82) is 0 Å². The van der Waals surface area contributed by atoms with Crippen molar-refractivity contribution in [2.45, 2.75) is 39.2 Å². The first-order valence-corrected chi connectivity index (χ1v) is 7.70. The number of nitrogens with one attached hydrogen (secondary N) is 2. The number of H-pyrrole nitrogens is 1. The van der Waals surface area contributed by atoms with Gasteiger partial charge in [0.25, 0.3) is 0 Å². The highest BCUT2D eigenvalue weighted by Crippen LogP contribution is 2.20. The van der Waals surface area contributed by atoms with Crippen molar-refractivity contribution in [1.82, 2.24) is 14.9 Å². The average molecular weight is 272 g/mol. The number of fused-ring (bicyclic) bond motifs is 1. The van der Waals surface area contributed by atoms with Crippen LogP contribution in [0.25, 0.3) is 11.0 Å². The number of anilines is 1. The number of aromatic nitrogens is 2. The van der Waals surface area contributed by atoms with Gasteiger partial charge in [-0.2, -0.15) is 0 Å². The molecule has 2 aromatic rings. The van der Waals surface area contributed by atoms with Gasteiger partial charge in [0.1, 0.15) is 5.82 Å². The van der Waals surface area contributed by atoms with Crippen LogP contribution in [0.2, 0.25) is 0 Å². The number of likely N-dealkylation sites (tertiary alicyclic amines) is 1. The van der Waals surface area contributed by atoms with E-state index in [9.17, 15) is 0 Å². The van der Waals surface area contributed by atoms with E-state index in [-0.39, 0.29) is 0 Å². The molecular formula is C16H24N4. The summed E-state index contributed by atoms with van der Waals surface area (Å²) in [7, 11) is 0. The minimum atomic E-state index is 0.591. The fraction of sp³-hybridized carbons (Fsp3) is 0.562. The summed E-state index contributed by atoms with van der Waals surface area (Å²) < 4.78 is 0. The molecule has 1 atom stereocenters. The lowest BCUT2D eigenvalue weighted by molar-refractivity contribution is 0.300. The Labute approximate surface area is 120 Å². The number of benzene rings is 1. The maximum absolute atomic E-state index is 4.45. The molecule has 0 saturated carbocycles.